The SMILES string of the molecule is Cc1cccc(S(=O)(=O)N2CCC3(CCC(=O)N3)CC2)c1. The summed E-state index contributed by atoms with van der Waals surface area (Å²) in [6.45, 7) is 2.82. The van der Waals surface area contributed by atoms with Crippen molar-refractivity contribution in [3.63, 3.8) is 0 Å². The fourth-order valence-corrected chi connectivity index (χ4v) is 4.77. The molecule has 1 amide bonds. The predicted molar refractivity (Wildman–Crippen MR) is 79.3 cm³/mol. The van der Waals surface area contributed by atoms with E-state index < -0.39 is 10.0 Å². The Morgan fingerprint density at radius 3 is 2.48 bits per heavy atom. The van der Waals surface area contributed by atoms with Crippen molar-refractivity contribution in [1.29, 1.82) is 0 Å². The zero-order chi connectivity index (χ0) is 15.1. The molecule has 1 aromatic carbocycles. The van der Waals surface area contributed by atoms with Gasteiger partial charge in [-0.3, -0.25) is 4.79 Å². The summed E-state index contributed by atoms with van der Waals surface area (Å²) in [5.74, 6) is 0.0880. The number of aryl methyl sites for hydroxylation is 1. The molecule has 6 heteroatoms. The van der Waals surface area contributed by atoms with Gasteiger partial charge in [-0.15, -0.1) is 0 Å². The van der Waals surface area contributed by atoms with Crippen LogP contribution in [-0.4, -0.2) is 37.3 Å². The maximum Gasteiger partial charge on any atom is 0.243 e. The van der Waals surface area contributed by atoms with Crippen molar-refractivity contribution in [3.05, 3.63) is 29.8 Å². The number of piperidine rings is 1. The van der Waals surface area contributed by atoms with Crippen molar-refractivity contribution in [2.75, 3.05) is 13.1 Å². The molecule has 0 aliphatic carbocycles. The van der Waals surface area contributed by atoms with Crippen molar-refractivity contribution >= 4 is 15.9 Å². The zero-order valence-electron chi connectivity index (χ0n) is 12.1. The van der Waals surface area contributed by atoms with Crippen LogP contribution in [0, 0.1) is 6.92 Å². The van der Waals surface area contributed by atoms with Gasteiger partial charge in [0, 0.05) is 25.0 Å². The number of hydrogen-bond donors (Lipinski definition) is 1. The van der Waals surface area contributed by atoms with Crippen LogP contribution in [-0.2, 0) is 14.8 Å². The van der Waals surface area contributed by atoms with E-state index in [0.717, 1.165) is 12.0 Å². The molecule has 0 aromatic heterocycles. The van der Waals surface area contributed by atoms with Crippen molar-refractivity contribution in [1.82, 2.24) is 9.62 Å². The third-order valence-electron chi connectivity index (χ3n) is 4.54. The lowest BCUT2D eigenvalue weighted by molar-refractivity contribution is -0.120. The van der Waals surface area contributed by atoms with E-state index in [1.165, 1.54) is 4.31 Å². The first-order valence-electron chi connectivity index (χ1n) is 7.29. The summed E-state index contributed by atoms with van der Waals surface area (Å²) >= 11 is 0. The Morgan fingerprint density at radius 1 is 1.19 bits per heavy atom. The van der Waals surface area contributed by atoms with Crippen LogP contribution in [0.25, 0.3) is 0 Å². The molecular weight excluding hydrogens is 288 g/mol. The van der Waals surface area contributed by atoms with Crippen LogP contribution in [0.3, 0.4) is 0 Å². The number of nitrogens with zero attached hydrogens (tertiary/aromatic N) is 1. The Hall–Kier alpha value is -1.40. The largest absolute Gasteiger partial charge is 0.351 e. The van der Waals surface area contributed by atoms with Gasteiger partial charge in [-0.2, -0.15) is 4.31 Å². The molecule has 0 unspecified atom stereocenters. The molecule has 0 saturated carbocycles. The first kappa shape index (κ1) is 14.5. The second-order valence-corrected chi connectivity index (χ2v) is 7.99. The van der Waals surface area contributed by atoms with E-state index in [2.05, 4.69) is 5.32 Å². The summed E-state index contributed by atoms with van der Waals surface area (Å²) in [6, 6.07) is 7.00. The lowest BCUT2D eigenvalue weighted by Crippen LogP contribution is -2.52. The average Bonchev–Trinajstić information content (AvgIpc) is 2.80. The summed E-state index contributed by atoms with van der Waals surface area (Å²) in [5.41, 5.74) is 0.767. The number of amides is 1. The number of nitrogens with one attached hydrogen (secondary N) is 1. The van der Waals surface area contributed by atoms with E-state index in [0.29, 0.717) is 37.2 Å². The molecule has 1 N–H and O–H groups in total. The normalized spacial score (nSPS) is 22.4. The van der Waals surface area contributed by atoms with Gasteiger partial charge in [0.05, 0.1) is 4.90 Å². The molecule has 2 saturated heterocycles. The second kappa shape index (κ2) is 5.10. The van der Waals surface area contributed by atoms with Gasteiger partial charge in [0.15, 0.2) is 0 Å². The van der Waals surface area contributed by atoms with Crippen LogP contribution in [0.4, 0.5) is 0 Å². The molecule has 1 spiro atoms. The standard InChI is InChI=1S/C15H20N2O3S/c1-12-3-2-4-13(11-12)21(19,20)17-9-7-15(8-10-17)6-5-14(18)16-15/h2-4,11H,5-10H2,1H3,(H,16,18). The second-order valence-electron chi connectivity index (χ2n) is 6.05. The Labute approximate surface area is 125 Å². The van der Waals surface area contributed by atoms with E-state index in [1.807, 2.05) is 13.0 Å². The van der Waals surface area contributed by atoms with Crippen LogP contribution in [0.2, 0.25) is 0 Å². The summed E-state index contributed by atoms with van der Waals surface area (Å²) in [6.07, 6.45) is 2.78. The van der Waals surface area contributed by atoms with Crippen LogP contribution < -0.4 is 5.32 Å². The number of hydrogen-bond acceptors (Lipinski definition) is 3. The van der Waals surface area contributed by atoms with Crippen molar-refractivity contribution in [2.45, 2.75) is 43.0 Å². The molecule has 0 atom stereocenters. The first-order valence-corrected chi connectivity index (χ1v) is 8.73. The Balaban J connectivity index is 1.76. The molecule has 0 bridgehead atoms. The Kier molecular flexibility index (Phi) is 3.53. The van der Waals surface area contributed by atoms with Crippen molar-refractivity contribution in [2.24, 2.45) is 0 Å². The van der Waals surface area contributed by atoms with Gasteiger partial charge >= 0.3 is 0 Å². The van der Waals surface area contributed by atoms with E-state index >= 15 is 0 Å². The molecule has 1 aromatic rings. The van der Waals surface area contributed by atoms with Gasteiger partial charge in [-0.1, -0.05) is 12.1 Å². The topological polar surface area (TPSA) is 66.5 Å². The molecule has 2 heterocycles. The minimum Gasteiger partial charge on any atom is -0.351 e. The van der Waals surface area contributed by atoms with Crippen LogP contribution >= 0.6 is 0 Å². The predicted octanol–water partition coefficient (Wildman–Crippen LogP) is 1.43. The highest BCUT2D eigenvalue weighted by molar-refractivity contribution is 7.89. The first-order chi connectivity index (χ1) is 9.91. The average molecular weight is 308 g/mol. The zero-order valence-corrected chi connectivity index (χ0v) is 12.9. The minimum absolute atomic E-state index is 0.0880. The van der Waals surface area contributed by atoms with Crippen LogP contribution in [0.15, 0.2) is 29.2 Å². The lowest BCUT2D eigenvalue weighted by atomic mass is 9.87. The van der Waals surface area contributed by atoms with E-state index in [4.69, 9.17) is 0 Å². The quantitative estimate of drug-likeness (QED) is 0.899. The maximum absolute atomic E-state index is 12.6. The van der Waals surface area contributed by atoms with Gasteiger partial charge in [-0.05, 0) is 43.9 Å². The summed E-state index contributed by atoms with van der Waals surface area (Å²) in [7, 11) is -3.42. The Morgan fingerprint density at radius 2 is 1.90 bits per heavy atom. The van der Waals surface area contributed by atoms with E-state index in [9.17, 15) is 13.2 Å². The van der Waals surface area contributed by atoms with E-state index in [-0.39, 0.29) is 11.4 Å². The third-order valence-corrected chi connectivity index (χ3v) is 6.44. The van der Waals surface area contributed by atoms with Gasteiger partial charge in [-0.25, -0.2) is 8.42 Å². The van der Waals surface area contributed by atoms with Gasteiger partial charge in [0.1, 0.15) is 0 Å². The highest BCUT2D eigenvalue weighted by Crippen LogP contribution is 2.33. The molecule has 3 rings (SSSR count). The van der Waals surface area contributed by atoms with Crippen molar-refractivity contribution < 1.29 is 13.2 Å². The number of sulfonamides is 1. The number of carbonyl (C=O) groups excluding carboxylic acids is 1. The van der Waals surface area contributed by atoms with Crippen molar-refractivity contribution in [3.8, 4) is 0 Å². The molecule has 2 fully saturated rings. The maximum atomic E-state index is 12.6. The number of benzene rings is 1. The summed E-state index contributed by atoms with van der Waals surface area (Å²) in [4.78, 5) is 11.8. The molecule has 2 aliphatic heterocycles. The highest BCUT2D eigenvalue weighted by Gasteiger charge is 2.42. The molecule has 114 valence electrons. The van der Waals surface area contributed by atoms with Gasteiger partial charge in [0.2, 0.25) is 15.9 Å². The molecule has 2 aliphatic rings. The summed E-state index contributed by atoms with van der Waals surface area (Å²) in [5, 5.41) is 3.03. The molecule has 0 radical (unpaired) electrons. The Bertz CT molecular complexity index is 661. The fraction of sp³-hybridized carbons (Fsp3) is 0.533. The minimum atomic E-state index is -3.42. The van der Waals surface area contributed by atoms with E-state index in [1.54, 1.807) is 18.2 Å². The molecule has 5 nitrogen and oxygen atoms in total. The summed E-state index contributed by atoms with van der Waals surface area (Å²) < 4.78 is 26.8. The smallest absolute Gasteiger partial charge is 0.243 e. The van der Waals surface area contributed by atoms with Gasteiger partial charge < -0.3 is 5.32 Å². The highest BCUT2D eigenvalue weighted by atomic mass is 32.2. The number of rotatable bonds is 2. The monoisotopic (exact) mass is 308 g/mol. The molecule has 21 heavy (non-hydrogen) atoms. The lowest BCUT2D eigenvalue weighted by Gasteiger charge is -2.38. The fourth-order valence-electron chi connectivity index (χ4n) is 3.23. The van der Waals surface area contributed by atoms with Crippen LogP contribution in [0.5, 0.6) is 0 Å². The molecular formula is C15H20N2O3S. The van der Waals surface area contributed by atoms with Gasteiger partial charge in [0.25, 0.3) is 0 Å². The third kappa shape index (κ3) is 2.70. The number of carbonyl (C=O) groups is 1. The van der Waals surface area contributed by atoms with Crippen LogP contribution in [0.1, 0.15) is 31.2 Å².